The molecule has 0 saturated carbocycles. The Kier molecular flexibility index (Phi) is 7.16. The maximum absolute atomic E-state index is 9.00. The van der Waals surface area contributed by atoms with Gasteiger partial charge in [-0.2, -0.15) is 0 Å². The van der Waals surface area contributed by atoms with Crippen LogP contribution in [-0.4, -0.2) is 33.5 Å². The summed E-state index contributed by atoms with van der Waals surface area (Å²) < 4.78 is 0. The van der Waals surface area contributed by atoms with E-state index in [4.69, 9.17) is 5.11 Å². The number of aliphatic hydroxyl groups is 1. The first-order valence-electron chi connectivity index (χ1n) is 7.01. The predicted molar refractivity (Wildman–Crippen MR) is 81.9 cm³/mol. The number of anilines is 1. The Balaban J connectivity index is 2.94. The number of aliphatic hydroxyl groups excluding tert-OH is 1. The summed E-state index contributed by atoms with van der Waals surface area (Å²) in [5.41, 5.74) is 1.11. The molecule has 0 aliphatic rings. The topological polar surface area (TPSA) is 58.0 Å². The maximum Gasteiger partial charge on any atom is 0.133 e. The molecule has 1 aromatic heterocycles. The Hall–Kier alpha value is -0.810. The van der Waals surface area contributed by atoms with Crippen LogP contribution in [0, 0.1) is 6.92 Å². The third kappa shape index (κ3) is 4.99. The number of hydrogen-bond acceptors (Lipinski definition) is 5. The molecule has 108 valence electrons. The zero-order valence-corrected chi connectivity index (χ0v) is 13.2. The molecule has 1 unspecified atom stereocenters. The zero-order chi connectivity index (χ0) is 14.3. The molecule has 1 rings (SSSR count). The van der Waals surface area contributed by atoms with E-state index in [0.29, 0.717) is 5.25 Å². The lowest BCUT2D eigenvalue weighted by molar-refractivity contribution is 0.289. The van der Waals surface area contributed by atoms with Gasteiger partial charge in [-0.15, -0.1) is 11.8 Å². The molecule has 5 heteroatoms. The van der Waals surface area contributed by atoms with Crippen molar-refractivity contribution < 1.29 is 5.11 Å². The maximum atomic E-state index is 9.00. The minimum atomic E-state index is 0.222. The summed E-state index contributed by atoms with van der Waals surface area (Å²) in [6.45, 7) is 9.54. The molecule has 0 spiro atoms. The summed E-state index contributed by atoms with van der Waals surface area (Å²) in [5.74, 6) is 1.83. The van der Waals surface area contributed by atoms with Crippen molar-refractivity contribution in [3.63, 3.8) is 0 Å². The molecule has 1 atom stereocenters. The van der Waals surface area contributed by atoms with Crippen LogP contribution in [0.4, 0.5) is 5.82 Å². The van der Waals surface area contributed by atoms with Gasteiger partial charge in [0.2, 0.25) is 0 Å². The number of rotatable bonds is 8. The number of thioether (sulfide) groups is 1. The summed E-state index contributed by atoms with van der Waals surface area (Å²) in [7, 11) is 0. The van der Waals surface area contributed by atoms with E-state index >= 15 is 0 Å². The van der Waals surface area contributed by atoms with E-state index in [0.717, 1.165) is 48.0 Å². The molecule has 19 heavy (non-hydrogen) atoms. The van der Waals surface area contributed by atoms with E-state index in [9.17, 15) is 0 Å². The number of nitrogens with one attached hydrogen (secondary N) is 1. The van der Waals surface area contributed by atoms with Crippen LogP contribution in [-0.2, 0) is 6.42 Å². The third-order valence-electron chi connectivity index (χ3n) is 2.85. The monoisotopic (exact) mass is 283 g/mol. The van der Waals surface area contributed by atoms with Gasteiger partial charge in [-0.25, -0.2) is 9.97 Å². The molecule has 0 saturated heterocycles. The zero-order valence-electron chi connectivity index (χ0n) is 12.4. The van der Waals surface area contributed by atoms with Gasteiger partial charge in [0.1, 0.15) is 16.7 Å². The van der Waals surface area contributed by atoms with Gasteiger partial charge in [0.15, 0.2) is 0 Å². The molecule has 0 aliphatic heterocycles. The largest absolute Gasteiger partial charge is 0.396 e. The van der Waals surface area contributed by atoms with E-state index in [2.05, 4.69) is 43.0 Å². The second-order valence-corrected chi connectivity index (χ2v) is 6.07. The normalized spacial score (nSPS) is 12.5. The average molecular weight is 283 g/mol. The molecule has 0 radical (unpaired) electrons. The summed E-state index contributed by atoms with van der Waals surface area (Å²) in [5, 5.41) is 13.8. The highest BCUT2D eigenvalue weighted by Crippen LogP contribution is 2.29. The second-order valence-electron chi connectivity index (χ2n) is 4.64. The summed E-state index contributed by atoms with van der Waals surface area (Å²) in [4.78, 5) is 9.17. The van der Waals surface area contributed by atoms with Crippen LogP contribution in [0.5, 0.6) is 0 Å². The van der Waals surface area contributed by atoms with Crippen molar-refractivity contribution in [1.82, 2.24) is 9.97 Å². The molecule has 0 aromatic carbocycles. The molecule has 0 aliphatic carbocycles. The minimum Gasteiger partial charge on any atom is -0.396 e. The van der Waals surface area contributed by atoms with Gasteiger partial charge >= 0.3 is 0 Å². The van der Waals surface area contributed by atoms with Gasteiger partial charge < -0.3 is 10.4 Å². The Morgan fingerprint density at radius 2 is 2.05 bits per heavy atom. The van der Waals surface area contributed by atoms with Crippen molar-refractivity contribution in [3.8, 4) is 0 Å². The molecular formula is C14H25N3OS. The van der Waals surface area contributed by atoms with Gasteiger partial charge in [-0.05, 0) is 19.8 Å². The lowest BCUT2D eigenvalue weighted by atomic mass is 10.3. The standard InChI is InChI=1S/C14H25N3OS/c1-5-8-15-13-11(4)14(17-12(6-2)16-13)19-10(3)7-9-18/h10,18H,5-9H2,1-4H3,(H,15,16,17). The van der Waals surface area contributed by atoms with Crippen molar-refractivity contribution in [3.05, 3.63) is 11.4 Å². The number of hydrogen-bond donors (Lipinski definition) is 2. The molecule has 0 bridgehead atoms. The molecule has 1 aromatic rings. The first-order chi connectivity index (χ1) is 9.12. The first kappa shape index (κ1) is 16.2. The Labute approximate surface area is 120 Å². The van der Waals surface area contributed by atoms with Gasteiger partial charge in [0, 0.05) is 30.4 Å². The summed E-state index contributed by atoms with van der Waals surface area (Å²) in [6.07, 6.45) is 2.70. The number of aryl methyl sites for hydroxylation is 1. The molecule has 0 amide bonds. The van der Waals surface area contributed by atoms with Gasteiger partial charge in [-0.1, -0.05) is 20.8 Å². The predicted octanol–water partition coefficient (Wildman–Crippen LogP) is 3.03. The highest BCUT2D eigenvalue weighted by atomic mass is 32.2. The van der Waals surface area contributed by atoms with Crippen LogP contribution in [0.2, 0.25) is 0 Å². The van der Waals surface area contributed by atoms with Gasteiger partial charge in [0.05, 0.1) is 0 Å². The van der Waals surface area contributed by atoms with Crippen LogP contribution in [0.3, 0.4) is 0 Å². The quantitative estimate of drug-likeness (QED) is 0.567. The lowest BCUT2D eigenvalue weighted by Crippen LogP contribution is -2.09. The Morgan fingerprint density at radius 3 is 2.63 bits per heavy atom. The molecule has 0 fully saturated rings. The van der Waals surface area contributed by atoms with Gasteiger partial charge in [-0.3, -0.25) is 0 Å². The van der Waals surface area contributed by atoms with Crippen LogP contribution in [0.1, 0.15) is 45.0 Å². The molecule has 1 heterocycles. The minimum absolute atomic E-state index is 0.222. The van der Waals surface area contributed by atoms with Crippen molar-refractivity contribution in [1.29, 1.82) is 0 Å². The highest BCUT2D eigenvalue weighted by Gasteiger charge is 2.13. The van der Waals surface area contributed by atoms with Crippen molar-refractivity contribution >= 4 is 17.6 Å². The lowest BCUT2D eigenvalue weighted by Gasteiger charge is -2.15. The summed E-state index contributed by atoms with van der Waals surface area (Å²) >= 11 is 1.72. The van der Waals surface area contributed by atoms with E-state index in [1.165, 1.54) is 0 Å². The fraction of sp³-hybridized carbons (Fsp3) is 0.714. The van der Waals surface area contributed by atoms with Crippen LogP contribution in [0.25, 0.3) is 0 Å². The van der Waals surface area contributed by atoms with Crippen LogP contribution >= 0.6 is 11.8 Å². The first-order valence-corrected chi connectivity index (χ1v) is 7.89. The van der Waals surface area contributed by atoms with Gasteiger partial charge in [0.25, 0.3) is 0 Å². The molecule has 2 N–H and O–H groups in total. The van der Waals surface area contributed by atoms with Crippen LogP contribution in [0.15, 0.2) is 5.03 Å². The third-order valence-corrected chi connectivity index (χ3v) is 4.11. The molecule has 4 nitrogen and oxygen atoms in total. The van der Waals surface area contributed by atoms with Crippen LogP contribution < -0.4 is 5.32 Å². The van der Waals surface area contributed by atoms with E-state index < -0.39 is 0 Å². The van der Waals surface area contributed by atoms with Crippen molar-refractivity contribution in [2.75, 3.05) is 18.5 Å². The Bertz CT molecular complexity index is 399. The SMILES string of the molecule is CCCNc1nc(CC)nc(SC(C)CCO)c1C. The van der Waals surface area contributed by atoms with E-state index in [1.807, 2.05) is 0 Å². The van der Waals surface area contributed by atoms with E-state index in [-0.39, 0.29) is 6.61 Å². The number of aromatic nitrogens is 2. The number of nitrogens with zero attached hydrogens (tertiary/aromatic N) is 2. The van der Waals surface area contributed by atoms with E-state index in [1.54, 1.807) is 11.8 Å². The Morgan fingerprint density at radius 1 is 1.32 bits per heavy atom. The fourth-order valence-corrected chi connectivity index (χ4v) is 2.70. The molecular weight excluding hydrogens is 258 g/mol. The van der Waals surface area contributed by atoms with Crippen molar-refractivity contribution in [2.45, 2.75) is 57.2 Å². The van der Waals surface area contributed by atoms with Crippen molar-refractivity contribution in [2.24, 2.45) is 0 Å². The second kappa shape index (κ2) is 8.38. The average Bonchev–Trinajstić information content (AvgIpc) is 2.40. The highest BCUT2D eigenvalue weighted by molar-refractivity contribution is 7.99. The fourth-order valence-electron chi connectivity index (χ4n) is 1.66. The smallest absolute Gasteiger partial charge is 0.133 e. The summed E-state index contributed by atoms with van der Waals surface area (Å²) in [6, 6.07) is 0.